The maximum absolute atomic E-state index is 4.37. The number of thioether (sulfide) groups is 1. The van der Waals surface area contributed by atoms with Crippen molar-refractivity contribution in [3.05, 3.63) is 17.5 Å². The Kier molecular flexibility index (Phi) is 5.48. The molecule has 0 unspecified atom stereocenters. The first kappa shape index (κ1) is 12.0. The molecule has 0 amide bonds. The number of aromatic nitrogens is 2. The topological polar surface area (TPSA) is 25.8 Å². The van der Waals surface area contributed by atoms with E-state index in [4.69, 9.17) is 0 Å². The van der Waals surface area contributed by atoms with Crippen LogP contribution in [0.5, 0.6) is 0 Å². The molecule has 1 heterocycles. The minimum atomic E-state index is 0.914. The maximum atomic E-state index is 4.37. The van der Waals surface area contributed by atoms with E-state index in [9.17, 15) is 0 Å². The van der Waals surface area contributed by atoms with Crippen LogP contribution in [0.15, 0.2) is 11.2 Å². The zero-order chi connectivity index (χ0) is 10.4. The summed E-state index contributed by atoms with van der Waals surface area (Å²) in [6, 6.07) is 2.00. The Morgan fingerprint density at radius 2 is 1.86 bits per heavy atom. The second kappa shape index (κ2) is 6.40. The van der Waals surface area contributed by atoms with Crippen LogP contribution in [-0.2, 0) is 0 Å². The van der Waals surface area contributed by atoms with Crippen molar-refractivity contribution < 1.29 is 0 Å². The third-order valence-corrected chi connectivity index (χ3v) is 3.22. The Morgan fingerprint density at radius 3 is 2.43 bits per heavy atom. The summed E-state index contributed by atoms with van der Waals surface area (Å²) in [4.78, 5) is 8.74. The highest BCUT2D eigenvalue weighted by Gasteiger charge is 1.99. The standard InChI is InChI=1S/C10H15BrN2S/c1-8-7-9(2)13-10(12-8)14-6-4-3-5-11/h7H,3-6H2,1-2H3. The van der Waals surface area contributed by atoms with Gasteiger partial charge in [0, 0.05) is 22.5 Å². The zero-order valence-corrected chi connectivity index (χ0v) is 11.0. The first-order valence-corrected chi connectivity index (χ1v) is 6.84. The fraction of sp³-hybridized carbons (Fsp3) is 0.600. The number of hydrogen-bond acceptors (Lipinski definition) is 3. The van der Waals surface area contributed by atoms with Crippen molar-refractivity contribution in [3.8, 4) is 0 Å². The van der Waals surface area contributed by atoms with Crippen LogP contribution >= 0.6 is 27.7 Å². The second-order valence-corrected chi connectivity index (χ2v) is 5.03. The number of halogens is 1. The van der Waals surface area contributed by atoms with Crippen LogP contribution in [-0.4, -0.2) is 21.1 Å². The van der Waals surface area contributed by atoms with Gasteiger partial charge in [0.2, 0.25) is 0 Å². The van der Waals surface area contributed by atoms with Crippen LogP contribution in [0.4, 0.5) is 0 Å². The molecular weight excluding hydrogens is 260 g/mol. The molecule has 0 aliphatic carbocycles. The van der Waals surface area contributed by atoms with Gasteiger partial charge in [-0.25, -0.2) is 9.97 Å². The molecule has 2 nitrogen and oxygen atoms in total. The summed E-state index contributed by atoms with van der Waals surface area (Å²) < 4.78 is 0. The van der Waals surface area contributed by atoms with Gasteiger partial charge < -0.3 is 0 Å². The largest absolute Gasteiger partial charge is 0.228 e. The molecule has 0 spiro atoms. The number of rotatable bonds is 5. The molecule has 0 atom stereocenters. The lowest BCUT2D eigenvalue weighted by atomic mass is 10.4. The fourth-order valence-electron chi connectivity index (χ4n) is 1.12. The maximum Gasteiger partial charge on any atom is 0.187 e. The third-order valence-electron chi connectivity index (χ3n) is 1.72. The van der Waals surface area contributed by atoms with Crippen LogP contribution in [0.25, 0.3) is 0 Å². The molecule has 1 aromatic heterocycles. The first-order chi connectivity index (χ1) is 6.72. The van der Waals surface area contributed by atoms with Crippen molar-refractivity contribution in [2.45, 2.75) is 31.8 Å². The van der Waals surface area contributed by atoms with E-state index < -0.39 is 0 Å². The summed E-state index contributed by atoms with van der Waals surface area (Å²) in [6.45, 7) is 4.02. The number of nitrogens with zero attached hydrogens (tertiary/aromatic N) is 2. The highest BCUT2D eigenvalue weighted by atomic mass is 79.9. The number of unbranched alkanes of at least 4 members (excludes halogenated alkanes) is 1. The van der Waals surface area contributed by atoms with Gasteiger partial charge >= 0.3 is 0 Å². The van der Waals surface area contributed by atoms with Crippen molar-refractivity contribution in [1.82, 2.24) is 9.97 Å². The fourth-order valence-corrected chi connectivity index (χ4v) is 2.46. The molecular formula is C10H15BrN2S. The number of hydrogen-bond donors (Lipinski definition) is 0. The zero-order valence-electron chi connectivity index (χ0n) is 8.59. The minimum Gasteiger partial charge on any atom is -0.228 e. The molecule has 0 bridgehead atoms. The highest BCUT2D eigenvalue weighted by Crippen LogP contribution is 2.15. The van der Waals surface area contributed by atoms with Gasteiger partial charge in [-0.1, -0.05) is 27.7 Å². The quantitative estimate of drug-likeness (QED) is 0.356. The summed E-state index contributed by atoms with van der Waals surface area (Å²) in [5.74, 6) is 1.11. The SMILES string of the molecule is Cc1cc(C)nc(SCCCCBr)n1. The predicted octanol–water partition coefficient (Wildman–Crippen LogP) is 3.36. The van der Waals surface area contributed by atoms with E-state index in [1.54, 1.807) is 11.8 Å². The molecule has 0 aromatic carbocycles. The number of aryl methyl sites for hydroxylation is 2. The van der Waals surface area contributed by atoms with Crippen molar-refractivity contribution in [2.75, 3.05) is 11.1 Å². The summed E-state index contributed by atoms with van der Waals surface area (Å²) in [6.07, 6.45) is 2.43. The van der Waals surface area contributed by atoms with E-state index in [0.717, 1.165) is 27.6 Å². The lowest BCUT2D eigenvalue weighted by molar-refractivity contribution is 0.882. The van der Waals surface area contributed by atoms with E-state index in [1.807, 2.05) is 19.9 Å². The third kappa shape index (κ3) is 4.42. The monoisotopic (exact) mass is 274 g/mol. The van der Waals surface area contributed by atoms with Gasteiger partial charge in [-0.15, -0.1) is 0 Å². The summed E-state index contributed by atoms with van der Waals surface area (Å²) >= 11 is 5.16. The van der Waals surface area contributed by atoms with E-state index in [2.05, 4.69) is 25.9 Å². The Morgan fingerprint density at radius 1 is 1.21 bits per heavy atom. The average Bonchev–Trinajstić information content (AvgIpc) is 2.11. The molecule has 78 valence electrons. The number of alkyl halides is 1. The van der Waals surface area contributed by atoms with Gasteiger partial charge in [0.25, 0.3) is 0 Å². The van der Waals surface area contributed by atoms with Crippen LogP contribution in [0.2, 0.25) is 0 Å². The van der Waals surface area contributed by atoms with Crippen LogP contribution < -0.4 is 0 Å². The van der Waals surface area contributed by atoms with E-state index >= 15 is 0 Å². The molecule has 0 aliphatic rings. The van der Waals surface area contributed by atoms with Crippen LogP contribution in [0, 0.1) is 13.8 Å². The molecule has 0 saturated carbocycles. The molecule has 0 saturated heterocycles. The Bertz CT molecular complexity index is 271. The lowest BCUT2D eigenvalue weighted by Crippen LogP contribution is -1.93. The molecule has 14 heavy (non-hydrogen) atoms. The molecule has 0 aliphatic heterocycles. The highest BCUT2D eigenvalue weighted by molar-refractivity contribution is 9.09. The van der Waals surface area contributed by atoms with Crippen molar-refractivity contribution >= 4 is 27.7 Å². The van der Waals surface area contributed by atoms with Gasteiger partial charge in [0.05, 0.1) is 0 Å². The van der Waals surface area contributed by atoms with Gasteiger partial charge in [0.15, 0.2) is 5.16 Å². The van der Waals surface area contributed by atoms with Gasteiger partial charge in [-0.05, 0) is 32.8 Å². The molecule has 1 aromatic rings. The Balaban J connectivity index is 2.42. The lowest BCUT2D eigenvalue weighted by Gasteiger charge is -2.01. The normalized spacial score (nSPS) is 10.5. The van der Waals surface area contributed by atoms with Crippen molar-refractivity contribution in [1.29, 1.82) is 0 Å². The van der Waals surface area contributed by atoms with Gasteiger partial charge in [-0.2, -0.15) is 0 Å². The van der Waals surface area contributed by atoms with Crippen molar-refractivity contribution in [2.24, 2.45) is 0 Å². The van der Waals surface area contributed by atoms with Crippen LogP contribution in [0.1, 0.15) is 24.2 Å². The van der Waals surface area contributed by atoms with Gasteiger partial charge in [0.1, 0.15) is 0 Å². The molecule has 0 radical (unpaired) electrons. The summed E-state index contributed by atoms with van der Waals surface area (Å²) in [5, 5.41) is 2.00. The molecule has 0 N–H and O–H groups in total. The van der Waals surface area contributed by atoms with Gasteiger partial charge in [-0.3, -0.25) is 0 Å². The summed E-state index contributed by atoms with van der Waals surface area (Å²) in [7, 11) is 0. The van der Waals surface area contributed by atoms with Crippen molar-refractivity contribution in [3.63, 3.8) is 0 Å². The molecule has 4 heteroatoms. The summed E-state index contributed by atoms with van der Waals surface area (Å²) in [5.41, 5.74) is 2.11. The Hall–Kier alpha value is -0.0900. The van der Waals surface area contributed by atoms with Crippen LogP contribution in [0.3, 0.4) is 0 Å². The predicted molar refractivity (Wildman–Crippen MR) is 65.3 cm³/mol. The smallest absolute Gasteiger partial charge is 0.187 e. The molecule has 1 rings (SSSR count). The molecule has 0 fully saturated rings. The Labute approximate surface area is 98.1 Å². The average molecular weight is 275 g/mol. The van der Waals surface area contributed by atoms with E-state index in [0.29, 0.717) is 0 Å². The van der Waals surface area contributed by atoms with E-state index in [-0.39, 0.29) is 0 Å². The minimum absolute atomic E-state index is 0.914. The first-order valence-electron chi connectivity index (χ1n) is 4.73. The second-order valence-electron chi connectivity index (χ2n) is 3.18. The van der Waals surface area contributed by atoms with E-state index in [1.165, 1.54) is 12.8 Å².